The molecule has 2 saturated heterocycles. The Labute approximate surface area is 90.2 Å². The third-order valence-electron chi connectivity index (χ3n) is 3.59. The molecule has 0 amide bonds. The Kier molecular flexibility index (Phi) is 3.26. The van der Waals surface area contributed by atoms with Gasteiger partial charge in [-0.05, 0) is 32.2 Å². The molecule has 0 aromatic heterocycles. The maximum absolute atomic E-state index is 10.6. The lowest BCUT2D eigenvalue weighted by Crippen LogP contribution is -2.38. The molecule has 3 atom stereocenters. The molecule has 0 bridgehead atoms. The predicted octanol–water partition coefficient (Wildman–Crippen LogP) is 0.960. The molecule has 86 valence electrons. The molecule has 2 heterocycles. The number of aliphatic carboxylic acids is 1. The molecule has 2 aliphatic rings. The Bertz CT molecular complexity index is 244. The maximum atomic E-state index is 10.6. The average Bonchev–Trinajstić information content (AvgIpc) is 2.72. The zero-order valence-corrected chi connectivity index (χ0v) is 9.19. The Hall–Kier alpha value is -0.610. The molecule has 3 unspecified atom stereocenters. The van der Waals surface area contributed by atoms with Crippen molar-refractivity contribution in [2.75, 3.05) is 19.7 Å². The van der Waals surface area contributed by atoms with Crippen LogP contribution in [0.2, 0.25) is 0 Å². The van der Waals surface area contributed by atoms with Crippen LogP contribution in [0.1, 0.15) is 26.2 Å². The first-order valence-electron chi connectivity index (χ1n) is 5.74. The van der Waals surface area contributed by atoms with Crippen molar-refractivity contribution in [2.24, 2.45) is 5.92 Å². The van der Waals surface area contributed by atoms with Crippen molar-refractivity contribution < 1.29 is 14.6 Å². The van der Waals surface area contributed by atoms with Crippen molar-refractivity contribution in [3.8, 4) is 0 Å². The quantitative estimate of drug-likeness (QED) is 0.758. The number of hydrogen-bond donors (Lipinski definition) is 1. The number of rotatable bonds is 3. The maximum Gasteiger partial charge on any atom is 0.303 e. The molecule has 4 nitrogen and oxygen atoms in total. The Morgan fingerprint density at radius 1 is 1.53 bits per heavy atom. The van der Waals surface area contributed by atoms with E-state index in [-0.39, 0.29) is 0 Å². The van der Waals surface area contributed by atoms with E-state index >= 15 is 0 Å². The first-order valence-corrected chi connectivity index (χ1v) is 5.74. The van der Waals surface area contributed by atoms with Crippen LogP contribution in [0.3, 0.4) is 0 Å². The lowest BCUT2D eigenvalue weighted by atomic mass is 10.1. The molecule has 4 heteroatoms. The molecule has 2 fully saturated rings. The van der Waals surface area contributed by atoms with E-state index in [2.05, 4.69) is 11.8 Å². The van der Waals surface area contributed by atoms with Gasteiger partial charge in [0.05, 0.1) is 6.10 Å². The topological polar surface area (TPSA) is 49.8 Å². The molecular formula is C11H19NO3. The molecule has 15 heavy (non-hydrogen) atoms. The second-order valence-electron chi connectivity index (χ2n) is 4.68. The van der Waals surface area contributed by atoms with Gasteiger partial charge in [0, 0.05) is 25.6 Å². The molecule has 0 spiro atoms. The van der Waals surface area contributed by atoms with E-state index in [1.54, 1.807) is 0 Å². The molecular weight excluding hydrogens is 194 g/mol. The van der Waals surface area contributed by atoms with Crippen LogP contribution in [0.5, 0.6) is 0 Å². The highest BCUT2D eigenvalue weighted by atomic mass is 16.5. The third-order valence-corrected chi connectivity index (χ3v) is 3.59. The van der Waals surface area contributed by atoms with Crippen LogP contribution >= 0.6 is 0 Å². The van der Waals surface area contributed by atoms with Gasteiger partial charge in [0.2, 0.25) is 0 Å². The SMILES string of the molecule is CC1OCCC1N1CCC(CC(=O)O)C1. The standard InChI is InChI=1S/C11H19NO3/c1-8-10(3-5-15-8)12-4-2-9(7-12)6-11(13)14/h8-10H,2-7H2,1H3,(H,13,14). The molecule has 0 aromatic rings. The molecule has 2 aliphatic heterocycles. The van der Waals surface area contributed by atoms with Crippen molar-refractivity contribution in [3.05, 3.63) is 0 Å². The van der Waals surface area contributed by atoms with Crippen LogP contribution in [0.15, 0.2) is 0 Å². The van der Waals surface area contributed by atoms with Crippen LogP contribution in [-0.2, 0) is 9.53 Å². The Morgan fingerprint density at radius 3 is 2.93 bits per heavy atom. The van der Waals surface area contributed by atoms with E-state index in [0.29, 0.717) is 24.5 Å². The molecule has 0 radical (unpaired) electrons. The summed E-state index contributed by atoms with van der Waals surface area (Å²) < 4.78 is 5.54. The lowest BCUT2D eigenvalue weighted by molar-refractivity contribution is -0.138. The van der Waals surface area contributed by atoms with E-state index in [0.717, 1.165) is 32.5 Å². The van der Waals surface area contributed by atoms with E-state index in [1.165, 1.54) is 0 Å². The van der Waals surface area contributed by atoms with Crippen LogP contribution in [0, 0.1) is 5.92 Å². The highest BCUT2D eigenvalue weighted by Crippen LogP contribution is 2.27. The summed E-state index contributed by atoms with van der Waals surface area (Å²) in [5.41, 5.74) is 0. The number of hydrogen-bond acceptors (Lipinski definition) is 3. The fraction of sp³-hybridized carbons (Fsp3) is 0.909. The van der Waals surface area contributed by atoms with Gasteiger partial charge in [0.1, 0.15) is 0 Å². The largest absolute Gasteiger partial charge is 0.481 e. The first kappa shape index (κ1) is 10.9. The summed E-state index contributed by atoms with van der Waals surface area (Å²) >= 11 is 0. The normalized spacial score (nSPS) is 37.3. The van der Waals surface area contributed by atoms with Crippen LogP contribution in [0.4, 0.5) is 0 Å². The van der Waals surface area contributed by atoms with Gasteiger partial charge in [-0.3, -0.25) is 9.69 Å². The van der Waals surface area contributed by atoms with Gasteiger partial charge in [0.25, 0.3) is 0 Å². The van der Waals surface area contributed by atoms with Gasteiger partial charge in [0.15, 0.2) is 0 Å². The minimum atomic E-state index is -0.669. The lowest BCUT2D eigenvalue weighted by Gasteiger charge is -2.26. The van der Waals surface area contributed by atoms with Crippen molar-refractivity contribution >= 4 is 5.97 Å². The summed E-state index contributed by atoms with van der Waals surface area (Å²) in [6, 6.07) is 0.517. The number of carbonyl (C=O) groups is 1. The smallest absolute Gasteiger partial charge is 0.303 e. The van der Waals surface area contributed by atoms with Crippen molar-refractivity contribution in [2.45, 2.75) is 38.3 Å². The van der Waals surface area contributed by atoms with Gasteiger partial charge < -0.3 is 9.84 Å². The number of carboxylic acids is 1. The summed E-state index contributed by atoms with van der Waals surface area (Å²) in [5.74, 6) is -0.326. The average molecular weight is 213 g/mol. The monoisotopic (exact) mass is 213 g/mol. The summed E-state index contributed by atoms with van der Waals surface area (Å²) in [6.07, 6.45) is 2.75. The minimum Gasteiger partial charge on any atom is -0.481 e. The summed E-state index contributed by atoms with van der Waals surface area (Å²) in [5, 5.41) is 8.73. The molecule has 2 rings (SSSR count). The fourth-order valence-electron chi connectivity index (χ4n) is 2.78. The summed E-state index contributed by atoms with van der Waals surface area (Å²) in [7, 11) is 0. The van der Waals surface area contributed by atoms with E-state index < -0.39 is 5.97 Å². The van der Waals surface area contributed by atoms with Gasteiger partial charge in [-0.15, -0.1) is 0 Å². The van der Waals surface area contributed by atoms with Gasteiger partial charge in [-0.1, -0.05) is 0 Å². The second-order valence-corrected chi connectivity index (χ2v) is 4.68. The fourth-order valence-corrected chi connectivity index (χ4v) is 2.78. The highest BCUT2D eigenvalue weighted by molar-refractivity contribution is 5.67. The van der Waals surface area contributed by atoms with Gasteiger partial charge in [-0.25, -0.2) is 0 Å². The summed E-state index contributed by atoms with van der Waals surface area (Å²) in [4.78, 5) is 13.0. The van der Waals surface area contributed by atoms with Crippen LogP contribution in [-0.4, -0.2) is 47.8 Å². The zero-order valence-electron chi connectivity index (χ0n) is 9.19. The molecule has 0 saturated carbocycles. The summed E-state index contributed by atoms with van der Waals surface area (Å²) in [6.45, 7) is 4.94. The predicted molar refractivity (Wildman–Crippen MR) is 55.8 cm³/mol. The minimum absolute atomic E-state index is 0.313. The molecule has 0 aromatic carbocycles. The Morgan fingerprint density at radius 2 is 2.33 bits per heavy atom. The number of ether oxygens (including phenoxy) is 1. The van der Waals surface area contributed by atoms with E-state index in [4.69, 9.17) is 9.84 Å². The van der Waals surface area contributed by atoms with Crippen molar-refractivity contribution in [1.29, 1.82) is 0 Å². The Balaban J connectivity index is 1.84. The highest BCUT2D eigenvalue weighted by Gasteiger charge is 2.35. The number of carboxylic acid groups (broad SMARTS) is 1. The zero-order chi connectivity index (χ0) is 10.8. The van der Waals surface area contributed by atoms with Crippen molar-refractivity contribution in [3.63, 3.8) is 0 Å². The van der Waals surface area contributed by atoms with Crippen LogP contribution < -0.4 is 0 Å². The first-order chi connectivity index (χ1) is 7.16. The van der Waals surface area contributed by atoms with Crippen LogP contribution in [0.25, 0.3) is 0 Å². The van der Waals surface area contributed by atoms with Crippen molar-refractivity contribution in [1.82, 2.24) is 4.90 Å². The third kappa shape index (κ3) is 2.49. The molecule has 1 N–H and O–H groups in total. The van der Waals surface area contributed by atoms with Gasteiger partial charge in [-0.2, -0.15) is 0 Å². The number of likely N-dealkylation sites (tertiary alicyclic amines) is 1. The van der Waals surface area contributed by atoms with E-state index in [9.17, 15) is 4.79 Å². The molecule has 0 aliphatic carbocycles. The van der Waals surface area contributed by atoms with E-state index in [1.807, 2.05) is 0 Å². The number of nitrogens with zero attached hydrogens (tertiary/aromatic N) is 1. The van der Waals surface area contributed by atoms with Gasteiger partial charge >= 0.3 is 5.97 Å². The second kappa shape index (κ2) is 4.49.